The molecule has 29 heavy (non-hydrogen) atoms. The van der Waals surface area contributed by atoms with Crippen LogP contribution in [0.2, 0.25) is 0 Å². The van der Waals surface area contributed by atoms with Crippen molar-refractivity contribution in [2.45, 2.75) is 26.1 Å². The Labute approximate surface area is 173 Å². The van der Waals surface area contributed by atoms with Crippen molar-refractivity contribution in [2.75, 3.05) is 6.54 Å². The highest BCUT2D eigenvalue weighted by atomic mass is 32.1. The number of benzene rings is 2. The molecule has 3 heterocycles. The Hall–Kier alpha value is -3.12. The second kappa shape index (κ2) is 7.37. The highest BCUT2D eigenvalue weighted by Gasteiger charge is 2.27. The molecule has 0 fully saturated rings. The molecule has 2 aromatic heterocycles. The number of aryl methyl sites for hydroxylation is 1. The first-order valence-electron chi connectivity index (χ1n) is 9.64. The lowest BCUT2D eigenvalue weighted by Gasteiger charge is -2.24. The van der Waals surface area contributed by atoms with Crippen LogP contribution in [-0.2, 0) is 17.9 Å². The number of nitrogens with zero attached hydrogens (tertiary/aromatic N) is 3. The maximum Gasteiger partial charge on any atom is 0.244 e. The largest absolute Gasteiger partial charge is 0.483 e. The van der Waals surface area contributed by atoms with Gasteiger partial charge in [-0.3, -0.25) is 9.48 Å². The smallest absolute Gasteiger partial charge is 0.244 e. The van der Waals surface area contributed by atoms with Crippen molar-refractivity contribution in [1.29, 1.82) is 0 Å². The minimum atomic E-state index is -0.175. The van der Waals surface area contributed by atoms with Crippen molar-refractivity contribution in [3.05, 3.63) is 82.2 Å². The molecule has 5 rings (SSSR count). The highest BCUT2D eigenvalue weighted by molar-refractivity contribution is 7.07. The van der Waals surface area contributed by atoms with Gasteiger partial charge < -0.3 is 9.64 Å². The topological polar surface area (TPSA) is 47.4 Å². The van der Waals surface area contributed by atoms with Crippen LogP contribution in [0.3, 0.4) is 0 Å². The number of carbonyl (C=O) groups excluding carboxylic acids is 1. The lowest BCUT2D eigenvalue weighted by Crippen LogP contribution is -2.36. The van der Waals surface area contributed by atoms with Gasteiger partial charge in [-0.1, -0.05) is 35.9 Å². The molecule has 146 valence electrons. The van der Waals surface area contributed by atoms with E-state index in [1.54, 1.807) is 16.0 Å². The van der Waals surface area contributed by atoms with E-state index in [0.717, 1.165) is 33.3 Å². The van der Waals surface area contributed by atoms with Crippen molar-refractivity contribution in [1.82, 2.24) is 14.7 Å². The zero-order valence-electron chi connectivity index (χ0n) is 16.1. The number of rotatable bonds is 3. The fourth-order valence-electron chi connectivity index (χ4n) is 3.76. The molecule has 0 aliphatic carbocycles. The minimum Gasteiger partial charge on any atom is -0.483 e. The van der Waals surface area contributed by atoms with Gasteiger partial charge in [0, 0.05) is 29.3 Å². The average molecular weight is 404 g/mol. The molecule has 1 aliphatic rings. The molecule has 0 bridgehead atoms. The van der Waals surface area contributed by atoms with Gasteiger partial charge in [-0.2, -0.15) is 16.4 Å². The second-order valence-corrected chi connectivity index (χ2v) is 8.21. The zero-order valence-corrected chi connectivity index (χ0v) is 16.9. The molecular formula is C23H21N3O2S. The van der Waals surface area contributed by atoms with E-state index < -0.39 is 0 Å². The van der Waals surface area contributed by atoms with Gasteiger partial charge in [-0.25, -0.2) is 0 Å². The fourth-order valence-corrected chi connectivity index (χ4v) is 4.47. The zero-order chi connectivity index (χ0) is 19.8. The van der Waals surface area contributed by atoms with Crippen LogP contribution in [0.25, 0.3) is 10.9 Å². The van der Waals surface area contributed by atoms with Gasteiger partial charge in [0.25, 0.3) is 0 Å². The third kappa shape index (κ3) is 3.63. The molecule has 0 radical (unpaired) electrons. The van der Waals surface area contributed by atoms with Crippen molar-refractivity contribution in [3.63, 3.8) is 0 Å². The van der Waals surface area contributed by atoms with Crippen LogP contribution < -0.4 is 4.74 Å². The van der Waals surface area contributed by atoms with Crippen LogP contribution >= 0.6 is 11.3 Å². The van der Waals surface area contributed by atoms with Crippen molar-refractivity contribution in [3.8, 4) is 5.75 Å². The minimum absolute atomic E-state index is 0.0380. The fraction of sp³-hybridized carbons (Fsp3) is 0.217. The van der Waals surface area contributed by atoms with Gasteiger partial charge in [0.05, 0.1) is 12.1 Å². The summed E-state index contributed by atoms with van der Waals surface area (Å²) >= 11 is 1.64. The number of hydrogen-bond acceptors (Lipinski definition) is 4. The predicted octanol–water partition coefficient (Wildman–Crippen LogP) is 4.57. The first-order valence-corrected chi connectivity index (χ1v) is 10.6. The quantitative estimate of drug-likeness (QED) is 0.503. The lowest BCUT2D eigenvalue weighted by molar-refractivity contribution is -0.133. The summed E-state index contributed by atoms with van der Waals surface area (Å²) < 4.78 is 8.06. The van der Waals surface area contributed by atoms with E-state index in [2.05, 4.69) is 35.6 Å². The van der Waals surface area contributed by atoms with Gasteiger partial charge in [-0.15, -0.1) is 0 Å². The average Bonchev–Trinajstić information content (AvgIpc) is 3.34. The predicted molar refractivity (Wildman–Crippen MR) is 114 cm³/mol. The van der Waals surface area contributed by atoms with E-state index in [0.29, 0.717) is 13.1 Å². The summed E-state index contributed by atoms with van der Waals surface area (Å²) in [4.78, 5) is 15.1. The van der Waals surface area contributed by atoms with Gasteiger partial charge >= 0.3 is 0 Å². The molecular weight excluding hydrogens is 382 g/mol. The molecule has 6 heteroatoms. The molecule has 5 nitrogen and oxygen atoms in total. The molecule has 0 saturated carbocycles. The van der Waals surface area contributed by atoms with E-state index >= 15 is 0 Å². The van der Waals surface area contributed by atoms with E-state index in [9.17, 15) is 4.79 Å². The van der Waals surface area contributed by atoms with Crippen LogP contribution in [0.5, 0.6) is 5.75 Å². The normalized spacial score (nSPS) is 16.3. The van der Waals surface area contributed by atoms with Crippen LogP contribution in [-0.4, -0.2) is 27.1 Å². The summed E-state index contributed by atoms with van der Waals surface area (Å²) in [5, 5.41) is 9.71. The van der Waals surface area contributed by atoms with E-state index in [1.165, 1.54) is 0 Å². The van der Waals surface area contributed by atoms with Gasteiger partial charge in [0.2, 0.25) is 5.91 Å². The summed E-state index contributed by atoms with van der Waals surface area (Å²) in [6.45, 7) is 3.33. The Kier molecular flexibility index (Phi) is 4.56. The number of thiophene rings is 1. The first-order chi connectivity index (χ1) is 14.2. The van der Waals surface area contributed by atoms with Gasteiger partial charge in [0.1, 0.15) is 18.4 Å². The summed E-state index contributed by atoms with van der Waals surface area (Å²) in [6, 6.07) is 16.1. The number of aromatic nitrogens is 2. The van der Waals surface area contributed by atoms with Crippen LogP contribution in [0, 0.1) is 6.92 Å². The number of hydrogen-bond donors (Lipinski definition) is 0. The molecule has 0 spiro atoms. The Balaban J connectivity index is 1.44. The molecule has 1 atom stereocenters. The molecule has 1 unspecified atom stereocenters. The van der Waals surface area contributed by atoms with Crippen LogP contribution in [0.1, 0.15) is 22.8 Å². The van der Waals surface area contributed by atoms with E-state index in [4.69, 9.17) is 4.74 Å². The van der Waals surface area contributed by atoms with Gasteiger partial charge in [-0.05, 0) is 35.9 Å². The maximum atomic E-state index is 13.2. The standard InChI is InChI=1S/C23H21N3O2S/c1-16-6-7-21-19(10-16)11-25(13-22(28-21)18-8-9-29-15-18)23(27)14-26-12-17-4-2-3-5-20(17)24-26/h2-10,12,15,22H,11,13-14H2,1H3. The Morgan fingerprint density at radius 3 is 2.97 bits per heavy atom. The number of carbonyl (C=O) groups is 1. The molecule has 1 aliphatic heterocycles. The van der Waals surface area contributed by atoms with Crippen molar-refractivity contribution in [2.24, 2.45) is 0 Å². The molecule has 4 aromatic rings. The Bertz CT molecular complexity index is 1130. The summed E-state index contributed by atoms with van der Waals surface area (Å²) in [7, 11) is 0. The number of fused-ring (bicyclic) bond motifs is 2. The monoisotopic (exact) mass is 403 g/mol. The summed E-state index contributed by atoms with van der Waals surface area (Å²) in [5.74, 6) is 0.892. The SMILES string of the molecule is Cc1ccc2c(c1)CN(C(=O)Cn1cc3ccccc3n1)CC(c1ccsc1)O2. The van der Waals surface area contributed by atoms with Crippen molar-refractivity contribution >= 4 is 28.1 Å². The maximum absolute atomic E-state index is 13.2. The Morgan fingerprint density at radius 1 is 1.24 bits per heavy atom. The van der Waals surface area contributed by atoms with Crippen LogP contribution in [0.15, 0.2) is 65.5 Å². The second-order valence-electron chi connectivity index (χ2n) is 7.43. The van der Waals surface area contributed by atoms with Gasteiger partial charge in [0.15, 0.2) is 0 Å². The molecule has 2 aromatic carbocycles. The third-order valence-corrected chi connectivity index (χ3v) is 5.96. The summed E-state index contributed by atoms with van der Waals surface area (Å²) in [5.41, 5.74) is 4.21. The first kappa shape index (κ1) is 17.9. The molecule has 1 amide bonds. The number of amides is 1. The number of ether oxygens (including phenoxy) is 1. The van der Waals surface area contributed by atoms with Crippen molar-refractivity contribution < 1.29 is 9.53 Å². The van der Waals surface area contributed by atoms with Crippen LogP contribution in [0.4, 0.5) is 0 Å². The summed E-state index contributed by atoms with van der Waals surface area (Å²) in [6.07, 6.45) is 1.75. The molecule has 0 saturated heterocycles. The Morgan fingerprint density at radius 2 is 2.14 bits per heavy atom. The molecule has 0 N–H and O–H groups in total. The highest BCUT2D eigenvalue weighted by Crippen LogP contribution is 2.32. The lowest BCUT2D eigenvalue weighted by atomic mass is 10.1. The van der Waals surface area contributed by atoms with E-state index in [-0.39, 0.29) is 18.6 Å². The van der Waals surface area contributed by atoms with E-state index in [1.807, 2.05) is 46.8 Å². The third-order valence-electron chi connectivity index (χ3n) is 5.26.